The summed E-state index contributed by atoms with van der Waals surface area (Å²) in [6.07, 6.45) is 0. The summed E-state index contributed by atoms with van der Waals surface area (Å²) < 4.78 is 5.72. The van der Waals surface area contributed by atoms with E-state index in [1.165, 1.54) is 17.7 Å². The molecule has 2 aromatic rings. The van der Waals surface area contributed by atoms with E-state index in [1.807, 2.05) is 25.1 Å². The lowest BCUT2D eigenvalue weighted by Gasteiger charge is -2.13. The Labute approximate surface area is 124 Å². The Kier molecular flexibility index (Phi) is 4.17. The first kappa shape index (κ1) is 14.9. The second kappa shape index (κ2) is 5.87. The third-order valence-corrected chi connectivity index (χ3v) is 3.35. The zero-order valence-electron chi connectivity index (χ0n) is 12.4. The SMILES string of the molecule is Cc1cc(Oc2ccc(N)c(C(=O)O)c2)ccc1C(C)C. The van der Waals surface area contributed by atoms with Crippen LogP contribution in [0.15, 0.2) is 36.4 Å². The number of aromatic carboxylic acids is 1. The molecule has 0 aliphatic carbocycles. The van der Waals surface area contributed by atoms with Crippen LogP contribution in [-0.2, 0) is 0 Å². The minimum absolute atomic E-state index is 0.0445. The van der Waals surface area contributed by atoms with Crippen LogP contribution >= 0.6 is 0 Å². The van der Waals surface area contributed by atoms with Gasteiger partial charge in [-0.3, -0.25) is 0 Å². The summed E-state index contributed by atoms with van der Waals surface area (Å²) in [6.45, 7) is 6.32. The van der Waals surface area contributed by atoms with Crippen LogP contribution in [-0.4, -0.2) is 11.1 Å². The van der Waals surface area contributed by atoms with Gasteiger partial charge in [0.25, 0.3) is 0 Å². The van der Waals surface area contributed by atoms with E-state index in [-0.39, 0.29) is 11.3 Å². The van der Waals surface area contributed by atoms with E-state index in [1.54, 1.807) is 6.07 Å². The maximum absolute atomic E-state index is 11.1. The van der Waals surface area contributed by atoms with Gasteiger partial charge >= 0.3 is 5.97 Å². The van der Waals surface area contributed by atoms with Crippen molar-refractivity contribution in [3.8, 4) is 11.5 Å². The van der Waals surface area contributed by atoms with Crippen molar-refractivity contribution in [2.24, 2.45) is 0 Å². The number of rotatable bonds is 4. The molecule has 2 rings (SSSR count). The number of hydrogen-bond donors (Lipinski definition) is 2. The van der Waals surface area contributed by atoms with Gasteiger partial charge in [0.2, 0.25) is 0 Å². The molecule has 0 aliphatic heterocycles. The molecule has 0 fully saturated rings. The lowest BCUT2D eigenvalue weighted by Crippen LogP contribution is -2.02. The summed E-state index contributed by atoms with van der Waals surface area (Å²) in [6, 6.07) is 10.5. The zero-order chi connectivity index (χ0) is 15.6. The van der Waals surface area contributed by atoms with Gasteiger partial charge in [0.15, 0.2) is 0 Å². The normalized spacial score (nSPS) is 10.7. The molecule has 0 atom stereocenters. The number of nitrogens with two attached hydrogens (primary N) is 1. The lowest BCUT2D eigenvalue weighted by molar-refractivity contribution is 0.0697. The number of hydrogen-bond acceptors (Lipinski definition) is 3. The van der Waals surface area contributed by atoms with Crippen LogP contribution in [0.1, 0.15) is 41.3 Å². The van der Waals surface area contributed by atoms with E-state index in [2.05, 4.69) is 13.8 Å². The molecule has 4 heteroatoms. The summed E-state index contributed by atoms with van der Waals surface area (Å²) in [5, 5.41) is 9.06. The number of anilines is 1. The average Bonchev–Trinajstić information content (AvgIpc) is 2.40. The average molecular weight is 285 g/mol. The van der Waals surface area contributed by atoms with E-state index in [0.29, 0.717) is 17.4 Å². The van der Waals surface area contributed by atoms with Crippen molar-refractivity contribution in [2.45, 2.75) is 26.7 Å². The molecule has 3 N–H and O–H groups in total. The Morgan fingerprint density at radius 3 is 2.33 bits per heavy atom. The summed E-state index contributed by atoms with van der Waals surface area (Å²) in [7, 11) is 0. The minimum atomic E-state index is -1.07. The first-order valence-electron chi connectivity index (χ1n) is 6.79. The highest BCUT2D eigenvalue weighted by atomic mass is 16.5. The van der Waals surface area contributed by atoms with Gasteiger partial charge in [-0.15, -0.1) is 0 Å². The van der Waals surface area contributed by atoms with Crippen LogP contribution in [0.2, 0.25) is 0 Å². The van der Waals surface area contributed by atoms with Crippen molar-refractivity contribution in [3.05, 3.63) is 53.1 Å². The Hall–Kier alpha value is -2.49. The van der Waals surface area contributed by atoms with Gasteiger partial charge < -0.3 is 15.6 Å². The number of benzene rings is 2. The molecule has 0 saturated heterocycles. The highest BCUT2D eigenvalue weighted by molar-refractivity contribution is 5.94. The van der Waals surface area contributed by atoms with Gasteiger partial charge in [-0.05, 0) is 54.3 Å². The number of aryl methyl sites for hydroxylation is 1. The van der Waals surface area contributed by atoms with Crippen LogP contribution in [0.5, 0.6) is 11.5 Å². The molecule has 2 aromatic carbocycles. The third-order valence-electron chi connectivity index (χ3n) is 3.35. The third kappa shape index (κ3) is 3.34. The molecule has 0 saturated carbocycles. The number of carbonyl (C=O) groups is 1. The van der Waals surface area contributed by atoms with Gasteiger partial charge in [-0.25, -0.2) is 4.79 Å². The predicted octanol–water partition coefficient (Wildman–Crippen LogP) is 4.19. The molecule has 0 unspecified atom stereocenters. The second-order valence-electron chi connectivity index (χ2n) is 5.33. The Bertz CT molecular complexity index is 678. The Balaban J connectivity index is 2.28. The zero-order valence-corrected chi connectivity index (χ0v) is 12.4. The van der Waals surface area contributed by atoms with Crippen LogP contribution in [0.25, 0.3) is 0 Å². The van der Waals surface area contributed by atoms with Gasteiger partial charge in [0.05, 0.1) is 5.56 Å². The van der Waals surface area contributed by atoms with E-state index < -0.39 is 5.97 Å². The molecule has 4 nitrogen and oxygen atoms in total. The van der Waals surface area contributed by atoms with Gasteiger partial charge in [0, 0.05) is 5.69 Å². The molecule has 110 valence electrons. The first-order chi connectivity index (χ1) is 9.88. The van der Waals surface area contributed by atoms with Gasteiger partial charge in [-0.2, -0.15) is 0 Å². The summed E-state index contributed by atoms with van der Waals surface area (Å²) in [5.41, 5.74) is 8.31. The molecule has 0 amide bonds. The maximum Gasteiger partial charge on any atom is 0.337 e. The van der Waals surface area contributed by atoms with Crippen molar-refractivity contribution in [1.29, 1.82) is 0 Å². The number of carboxylic acids is 1. The van der Waals surface area contributed by atoms with Crippen LogP contribution in [0.4, 0.5) is 5.69 Å². The first-order valence-corrected chi connectivity index (χ1v) is 6.79. The van der Waals surface area contributed by atoms with Crippen molar-refractivity contribution in [1.82, 2.24) is 0 Å². The highest BCUT2D eigenvalue weighted by Crippen LogP contribution is 2.28. The topological polar surface area (TPSA) is 72.5 Å². The van der Waals surface area contributed by atoms with Crippen molar-refractivity contribution >= 4 is 11.7 Å². The molecule has 0 spiro atoms. The molecule has 0 aromatic heterocycles. The van der Waals surface area contributed by atoms with Crippen LogP contribution in [0, 0.1) is 6.92 Å². The van der Waals surface area contributed by atoms with Gasteiger partial charge in [-0.1, -0.05) is 19.9 Å². The molecule has 0 radical (unpaired) electrons. The summed E-state index contributed by atoms with van der Waals surface area (Å²) in [5.74, 6) is 0.523. The highest BCUT2D eigenvalue weighted by Gasteiger charge is 2.10. The quantitative estimate of drug-likeness (QED) is 0.826. The van der Waals surface area contributed by atoms with Crippen LogP contribution in [0.3, 0.4) is 0 Å². The fourth-order valence-corrected chi connectivity index (χ4v) is 2.28. The van der Waals surface area contributed by atoms with E-state index >= 15 is 0 Å². The minimum Gasteiger partial charge on any atom is -0.478 e. The van der Waals surface area contributed by atoms with Crippen molar-refractivity contribution in [2.75, 3.05) is 5.73 Å². The maximum atomic E-state index is 11.1. The summed E-state index contributed by atoms with van der Waals surface area (Å²) >= 11 is 0. The van der Waals surface area contributed by atoms with Crippen LogP contribution < -0.4 is 10.5 Å². The monoisotopic (exact) mass is 285 g/mol. The largest absolute Gasteiger partial charge is 0.478 e. The fraction of sp³-hybridized carbons (Fsp3) is 0.235. The van der Waals surface area contributed by atoms with E-state index in [9.17, 15) is 4.79 Å². The van der Waals surface area contributed by atoms with E-state index in [4.69, 9.17) is 15.6 Å². The predicted molar refractivity (Wildman–Crippen MR) is 83.2 cm³/mol. The number of carboxylic acid groups (broad SMARTS) is 1. The van der Waals surface area contributed by atoms with E-state index in [0.717, 1.165) is 5.56 Å². The molecule has 0 aliphatic rings. The second-order valence-corrected chi connectivity index (χ2v) is 5.33. The Morgan fingerprint density at radius 2 is 1.76 bits per heavy atom. The summed E-state index contributed by atoms with van der Waals surface area (Å²) in [4.78, 5) is 11.1. The fourth-order valence-electron chi connectivity index (χ4n) is 2.28. The number of ether oxygens (including phenoxy) is 1. The lowest BCUT2D eigenvalue weighted by atomic mass is 9.98. The molecular weight excluding hydrogens is 266 g/mol. The smallest absolute Gasteiger partial charge is 0.337 e. The molecule has 0 heterocycles. The molecule has 21 heavy (non-hydrogen) atoms. The van der Waals surface area contributed by atoms with Gasteiger partial charge in [0.1, 0.15) is 11.5 Å². The standard InChI is InChI=1S/C17H19NO3/c1-10(2)14-6-4-12(8-11(14)3)21-13-5-7-16(18)15(9-13)17(19)20/h4-10H,18H2,1-3H3,(H,19,20). The van der Waals surface area contributed by atoms with Crippen molar-refractivity contribution in [3.63, 3.8) is 0 Å². The molecular formula is C17H19NO3. The Morgan fingerprint density at radius 1 is 1.14 bits per heavy atom. The van der Waals surface area contributed by atoms with Crippen molar-refractivity contribution < 1.29 is 14.6 Å². The molecule has 0 bridgehead atoms. The number of nitrogen functional groups attached to an aromatic ring is 1.